The quantitative estimate of drug-likeness (QED) is 0.775. The number of benzene rings is 1. The molecule has 0 spiro atoms. The van der Waals surface area contributed by atoms with E-state index < -0.39 is 5.97 Å². The fourth-order valence-corrected chi connectivity index (χ4v) is 2.27. The molecule has 0 aliphatic heterocycles. The lowest BCUT2D eigenvalue weighted by molar-refractivity contribution is 0.0696. The first-order chi connectivity index (χ1) is 10.2. The summed E-state index contributed by atoms with van der Waals surface area (Å²) >= 11 is 1.06. The minimum Gasteiger partial charge on any atom is -0.476 e. The molecule has 21 heavy (non-hydrogen) atoms. The molecule has 2 heterocycles. The van der Waals surface area contributed by atoms with Gasteiger partial charge in [0.25, 0.3) is 0 Å². The Hall–Kier alpha value is -2.74. The molecule has 8 heteroatoms. The van der Waals surface area contributed by atoms with E-state index in [-0.39, 0.29) is 17.6 Å². The van der Waals surface area contributed by atoms with Crippen molar-refractivity contribution in [3.8, 4) is 11.7 Å². The zero-order valence-electron chi connectivity index (χ0n) is 10.7. The van der Waals surface area contributed by atoms with Crippen LogP contribution in [0.2, 0.25) is 0 Å². The topological polar surface area (TPSA) is 90.1 Å². The van der Waals surface area contributed by atoms with Gasteiger partial charge in [-0.15, -0.1) is 16.4 Å². The van der Waals surface area contributed by atoms with Crippen molar-refractivity contribution in [3.05, 3.63) is 52.7 Å². The molecule has 7 nitrogen and oxygen atoms in total. The largest absolute Gasteiger partial charge is 0.476 e. The lowest BCUT2D eigenvalue weighted by Crippen LogP contribution is -2.00. The number of thiazole rings is 1. The van der Waals surface area contributed by atoms with E-state index in [1.807, 2.05) is 30.3 Å². The van der Waals surface area contributed by atoms with E-state index in [0.717, 1.165) is 17.0 Å². The number of hydrogen-bond acceptors (Lipinski definition) is 6. The maximum absolute atomic E-state index is 10.7. The molecule has 0 radical (unpaired) electrons. The Kier molecular flexibility index (Phi) is 3.61. The summed E-state index contributed by atoms with van der Waals surface area (Å²) in [5.74, 6) is -1.04. The minimum atomic E-state index is -1.04. The van der Waals surface area contributed by atoms with Crippen LogP contribution in [0.25, 0.3) is 5.69 Å². The van der Waals surface area contributed by atoms with Crippen LogP contribution in [0.1, 0.15) is 15.5 Å². The number of ether oxygens (including phenoxy) is 1. The third kappa shape index (κ3) is 3.06. The van der Waals surface area contributed by atoms with Gasteiger partial charge in [-0.3, -0.25) is 0 Å². The molecule has 1 N–H and O–H groups in total. The number of carbonyl (C=O) groups is 1. The summed E-state index contributed by atoms with van der Waals surface area (Å²) in [4.78, 5) is 18.7. The SMILES string of the molecule is O=C(O)c1nc(COc2ncn(-c3ccccc3)n2)cs1. The number of rotatable bonds is 5. The van der Waals surface area contributed by atoms with Gasteiger partial charge in [0, 0.05) is 5.38 Å². The Morgan fingerprint density at radius 1 is 1.33 bits per heavy atom. The van der Waals surface area contributed by atoms with Gasteiger partial charge in [-0.2, -0.15) is 4.98 Å². The molecule has 0 amide bonds. The fraction of sp³-hybridized carbons (Fsp3) is 0.0769. The minimum absolute atomic E-state index is 0.0383. The monoisotopic (exact) mass is 302 g/mol. The Labute approximate surface area is 123 Å². The van der Waals surface area contributed by atoms with Crippen LogP contribution >= 0.6 is 11.3 Å². The van der Waals surface area contributed by atoms with Crippen molar-refractivity contribution >= 4 is 17.3 Å². The summed E-state index contributed by atoms with van der Waals surface area (Å²) in [6, 6.07) is 9.74. The molecule has 3 rings (SSSR count). The fourth-order valence-electron chi connectivity index (χ4n) is 1.63. The van der Waals surface area contributed by atoms with Crippen LogP contribution in [0.15, 0.2) is 42.0 Å². The zero-order valence-corrected chi connectivity index (χ0v) is 11.5. The lowest BCUT2D eigenvalue weighted by Gasteiger charge is -1.99. The van der Waals surface area contributed by atoms with Crippen LogP contribution in [-0.4, -0.2) is 30.8 Å². The predicted octanol–water partition coefficient (Wildman–Crippen LogP) is 2.00. The lowest BCUT2D eigenvalue weighted by atomic mass is 10.3. The van der Waals surface area contributed by atoms with Gasteiger partial charge in [0.1, 0.15) is 12.9 Å². The summed E-state index contributed by atoms with van der Waals surface area (Å²) in [7, 11) is 0. The van der Waals surface area contributed by atoms with Gasteiger partial charge in [-0.1, -0.05) is 18.2 Å². The number of hydrogen-bond donors (Lipinski definition) is 1. The molecule has 1 aromatic carbocycles. The average Bonchev–Trinajstić information content (AvgIpc) is 3.15. The summed E-state index contributed by atoms with van der Waals surface area (Å²) in [6.07, 6.45) is 1.55. The van der Waals surface area contributed by atoms with Crippen molar-refractivity contribution in [2.45, 2.75) is 6.61 Å². The number of carboxylic acid groups (broad SMARTS) is 1. The van der Waals surface area contributed by atoms with E-state index in [2.05, 4.69) is 15.1 Å². The van der Waals surface area contributed by atoms with Gasteiger partial charge in [0.2, 0.25) is 5.01 Å². The molecule has 3 aromatic rings. The normalized spacial score (nSPS) is 10.5. The summed E-state index contributed by atoms with van der Waals surface area (Å²) in [5.41, 5.74) is 1.41. The molecule has 0 bridgehead atoms. The first-order valence-corrected chi connectivity index (χ1v) is 6.88. The third-order valence-corrected chi connectivity index (χ3v) is 3.45. The van der Waals surface area contributed by atoms with Gasteiger partial charge in [0.15, 0.2) is 0 Å². The zero-order chi connectivity index (χ0) is 14.7. The number of aromatic nitrogens is 4. The highest BCUT2D eigenvalue weighted by molar-refractivity contribution is 7.11. The first-order valence-electron chi connectivity index (χ1n) is 6.00. The van der Waals surface area contributed by atoms with Crippen LogP contribution in [0.5, 0.6) is 6.01 Å². The van der Waals surface area contributed by atoms with Crippen molar-refractivity contribution in [1.82, 2.24) is 19.7 Å². The number of para-hydroxylation sites is 1. The molecule has 0 unspecified atom stereocenters. The second kappa shape index (κ2) is 5.71. The van der Waals surface area contributed by atoms with Crippen molar-refractivity contribution in [2.75, 3.05) is 0 Å². The van der Waals surface area contributed by atoms with Crippen molar-refractivity contribution in [2.24, 2.45) is 0 Å². The van der Waals surface area contributed by atoms with E-state index in [1.54, 1.807) is 16.4 Å². The molecule has 0 atom stereocenters. The molecule has 0 aliphatic rings. The third-order valence-electron chi connectivity index (χ3n) is 2.58. The first kappa shape index (κ1) is 13.3. The number of carboxylic acids is 1. The molecule has 0 saturated heterocycles. The van der Waals surface area contributed by atoms with Crippen LogP contribution in [0, 0.1) is 0 Å². The van der Waals surface area contributed by atoms with Crippen molar-refractivity contribution < 1.29 is 14.6 Å². The van der Waals surface area contributed by atoms with Crippen LogP contribution in [-0.2, 0) is 6.61 Å². The maximum atomic E-state index is 10.7. The smallest absolute Gasteiger partial charge is 0.365 e. The van der Waals surface area contributed by atoms with E-state index in [9.17, 15) is 4.79 Å². The van der Waals surface area contributed by atoms with Gasteiger partial charge in [0.05, 0.1) is 11.4 Å². The van der Waals surface area contributed by atoms with E-state index >= 15 is 0 Å². The highest BCUT2D eigenvalue weighted by Crippen LogP contribution is 2.13. The second-order valence-electron chi connectivity index (χ2n) is 4.05. The molecule has 106 valence electrons. The van der Waals surface area contributed by atoms with Gasteiger partial charge < -0.3 is 9.84 Å². The van der Waals surface area contributed by atoms with Gasteiger partial charge >= 0.3 is 12.0 Å². The van der Waals surface area contributed by atoms with Crippen LogP contribution in [0.3, 0.4) is 0 Å². The van der Waals surface area contributed by atoms with Gasteiger partial charge in [-0.25, -0.2) is 14.5 Å². The highest BCUT2D eigenvalue weighted by Gasteiger charge is 2.10. The molecular formula is C13H10N4O3S. The second-order valence-corrected chi connectivity index (χ2v) is 4.90. The van der Waals surface area contributed by atoms with Crippen LogP contribution < -0.4 is 4.74 Å². The summed E-state index contributed by atoms with van der Waals surface area (Å²) in [5, 5.41) is 14.6. The Balaban J connectivity index is 1.66. The van der Waals surface area contributed by atoms with Crippen LogP contribution in [0.4, 0.5) is 0 Å². The molecular weight excluding hydrogens is 292 g/mol. The van der Waals surface area contributed by atoms with E-state index in [1.165, 1.54) is 0 Å². The Bertz CT molecular complexity index is 754. The number of aromatic carboxylic acids is 1. The predicted molar refractivity (Wildman–Crippen MR) is 74.8 cm³/mol. The van der Waals surface area contributed by atoms with Crippen molar-refractivity contribution in [1.29, 1.82) is 0 Å². The maximum Gasteiger partial charge on any atom is 0.365 e. The van der Waals surface area contributed by atoms with Gasteiger partial charge in [-0.05, 0) is 12.1 Å². The molecule has 0 aliphatic carbocycles. The molecule has 0 saturated carbocycles. The van der Waals surface area contributed by atoms with Crippen molar-refractivity contribution in [3.63, 3.8) is 0 Å². The standard InChI is InChI=1S/C13H10N4O3S/c18-12(19)11-15-9(7-21-11)6-20-13-14-8-17(16-13)10-4-2-1-3-5-10/h1-5,7-8H,6H2,(H,18,19). The average molecular weight is 302 g/mol. The van der Waals surface area contributed by atoms with E-state index in [4.69, 9.17) is 9.84 Å². The highest BCUT2D eigenvalue weighted by atomic mass is 32.1. The molecule has 0 fully saturated rings. The number of nitrogens with zero attached hydrogens (tertiary/aromatic N) is 4. The Morgan fingerprint density at radius 2 is 2.14 bits per heavy atom. The molecule has 2 aromatic heterocycles. The van der Waals surface area contributed by atoms with E-state index in [0.29, 0.717) is 5.69 Å². The summed E-state index contributed by atoms with van der Waals surface area (Å²) < 4.78 is 6.99. The Morgan fingerprint density at radius 3 is 2.86 bits per heavy atom. The summed E-state index contributed by atoms with van der Waals surface area (Å²) in [6.45, 7) is 0.128.